The van der Waals surface area contributed by atoms with E-state index >= 15 is 0 Å². The van der Waals surface area contributed by atoms with Crippen LogP contribution in [0.3, 0.4) is 0 Å². The van der Waals surface area contributed by atoms with Gasteiger partial charge in [-0.25, -0.2) is 0 Å². The number of rotatable bonds is 5. The van der Waals surface area contributed by atoms with Gasteiger partial charge in [-0.15, -0.1) is 0 Å². The van der Waals surface area contributed by atoms with Crippen molar-refractivity contribution in [1.29, 1.82) is 0 Å². The Hall–Kier alpha value is -3.50. The SMILES string of the molecule is COc1ccc(CC(=O)Nc2c(Cl)cncc2Cl)c2c1oc1ccc(NC(=O)C(F)(F)F)cc12. The zero-order valence-corrected chi connectivity index (χ0v) is 18.7. The minimum atomic E-state index is -5.05. The third kappa shape index (κ3) is 4.59. The third-order valence-corrected chi connectivity index (χ3v) is 5.45. The number of carbonyl (C=O) groups excluding carboxylic acids is 2. The summed E-state index contributed by atoms with van der Waals surface area (Å²) in [6.45, 7) is 0. The molecule has 0 saturated carbocycles. The molecular weight excluding hydrogens is 498 g/mol. The molecule has 0 aliphatic rings. The van der Waals surface area contributed by atoms with Crippen molar-refractivity contribution >= 4 is 68.3 Å². The van der Waals surface area contributed by atoms with Gasteiger partial charge in [0.2, 0.25) is 5.91 Å². The van der Waals surface area contributed by atoms with Crippen LogP contribution in [0.1, 0.15) is 5.56 Å². The summed E-state index contributed by atoms with van der Waals surface area (Å²) in [7, 11) is 1.43. The number of anilines is 2. The number of alkyl halides is 3. The third-order valence-electron chi connectivity index (χ3n) is 4.87. The highest BCUT2D eigenvalue weighted by atomic mass is 35.5. The van der Waals surface area contributed by atoms with Gasteiger partial charge in [0.1, 0.15) is 5.58 Å². The highest BCUT2D eigenvalue weighted by molar-refractivity contribution is 6.39. The number of ether oxygens (including phenoxy) is 1. The van der Waals surface area contributed by atoms with Crippen molar-refractivity contribution in [2.45, 2.75) is 12.6 Å². The molecule has 0 atom stereocenters. The lowest BCUT2D eigenvalue weighted by Gasteiger charge is -2.10. The van der Waals surface area contributed by atoms with Crippen molar-refractivity contribution in [1.82, 2.24) is 4.98 Å². The second kappa shape index (κ2) is 9.03. The fourth-order valence-corrected chi connectivity index (χ4v) is 3.86. The van der Waals surface area contributed by atoms with Crippen LogP contribution in [-0.2, 0) is 16.0 Å². The van der Waals surface area contributed by atoms with Crippen LogP contribution in [0.4, 0.5) is 24.5 Å². The smallest absolute Gasteiger partial charge is 0.471 e. The van der Waals surface area contributed by atoms with Gasteiger partial charge in [-0.2, -0.15) is 13.2 Å². The van der Waals surface area contributed by atoms with E-state index in [1.165, 1.54) is 37.7 Å². The van der Waals surface area contributed by atoms with Crippen molar-refractivity contribution in [3.8, 4) is 5.75 Å². The van der Waals surface area contributed by atoms with Crippen molar-refractivity contribution in [2.24, 2.45) is 0 Å². The minimum Gasteiger partial charge on any atom is -0.493 e. The van der Waals surface area contributed by atoms with Crippen molar-refractivity contribution in [2.75, 3.05) is 17.7 Å². The van der Waals surface area contributed by atoms with Crippen LogP contribution in [0.5, 0.6) is 5.75 Å². The molecule has 0 fully saturated rings. The molecular formula is C22H14Cl2F3N3O4. The van der Waals surface area contributed by atoms with E-state index in [4.69, 9.17) is 32.4 Å². The zero-order chi connectivity index (χ0) is 24.6. The summed E-state index contributed by atoms with van der Waals surface area (Å²) in [4.78, 5) is 28.0. The number of hydrogen-bond acceptors (Lipinski definition) is 5. The normalized spacial score (nSPS) is 11.6. The number of amides is 2. The van der Waals surface area contributed by atoms with Crippen molar-refractivity contribution < 1.29 is 31.9 Å². The maximum Gasteiger partial charge on any atom is 0.471 e. The number of carbonyl (C=O) groups is 2. The first kappa shape index (κ1) is 23.7. The Labute approximate surface area is 199 Å². The number of hydrogen-bond donors (Lipinski definition) is 2. The van der Waals surface area contributed by atoms with E-state index in [1.54, 1.807) is 12.1 Å². The van der Waals surface area contributed by atoms with Gasteiger partial charge in [0.15, 0.2) is 11.3 Å². The van der Waals surface area contributed by atoms with Crippen LogP contribution in [0.25, 0.3) is 21.9 Å². The molecule has 34 heavy (non-hydrogen) atoms. The number of methoxy groups -OCH3 is 1. The highest BCUT2D eigenvalue weighted by Gasteiger charge is 2.38. The first-order valence-electron chi connectivity index (χ1n) is 9.57. The van der Waals surface area contributed by atoms with E-state index in [2.05, 4.69) is 10.3 Å². The summed E-state index contributed by atoms with van der Waals surface area (Å²) in [6.07, 6.45) is -2.54. The number of nitrogens with one attached hydrogen (secondary N) is 2. The van der Waals surface area contributed by atoms with Crippen molar-refractivity contribution in [3.63, 3.8) is 0 Å². The Morgan fingerprint density at radius 3 is 2.44 bits per heavy atom. The highest BCUT2D eigenvalue weighted by Crippen LogP contribution is 2.39. The van der Waals surface area contributed by atoms with Crippen LogP contribution in [0.2, 0.25) is 10.0 Å². The molecule has 2 heterocycles. The van der Waals surface area contributed by atoms with Gasteiger partial charge in [0.25, 0.3) is 0 Å². The fraction of sp³-hybridized carbons (Fsp3) is 0.136. The fourth-order valence-electron chi connectivity index (χ4n) is 3.40. The molecule has 0 saturated heterocycles. The van der Waals surface area contributed by atoms with Crippen LogP contribution in [0.15, 0.2) is 47.1 Å². The maximum atomic E-state index is 12.8. The molecule has 0 bridgehead atoms. The Morgan fingerprint density at radius 1 is 1.09 bits per heavy atom. The van der Waals surface area contributed by atoms with E-state index in [0.717, 1.165) is 0 Å². The lowest BCUT2D eigenvalue weighted by molar-refractivity contribution is -0.167. The van der Waals surface area contributed by atoms with E-state index < -0.39 is 18.0 Å². The molecule has 2 aromatic heterocycles. The molecule has 0 aliphatic heterocycles. The van der Waals surface area contributed by atoms with Gasteiger partial charge in [0.05, 0.1) is 29.3 Å². The first-order valence-corrected chi connectivity index (χ1v) is 10.3. The summed E-state index contributed by atoms with van der Waals surface area (Å²) in [5, 5.41) is 5.57. The largest absolute Gasteiger partial charge is 0.493 e. The molecule has 4 rings (SSSR count). The van der Waals surface area contributed by atoms with E-state index in [1.807, 2.05) is 5.32 Å². The molecule has 0 aliphatic carbocycles. The molecule has 176 valence electrons. The zero-order valence-electron chi connectivity index (χ0n) is 17.2. The van der Waals surface area contributed by atoms with E-state index in [-0.39, 0.29) is 27.8 Å². The number of nitrogens with zero attached hydrogens (tertiary/aromatic N) is 1. The summed E-state index contributed by atoms with van der Waals surface area (Å²) in [5.41, 5.74) is 1.22. The van der Waals surface area contributed by atoms with Gasteiger partial charge in [0, 0.05) is 28.9 Å². The molecule has 0 radical (unpaired) electrons. The van der Waals surface area contributed by atoms with Crippen LogP contribution in [-0.4, -0.2) is 30.1 Å². The Bertz CT molecular complexity index is 1420. The topological polar surface area (TPSA) is 93.5 Å². The van der Waals surface area contributed by atoms with E-state index in [0.29, 0.717) is 33.3 Å². The minimum absolute atomic E-state index is 0.0916. The summed E-state index contributed by atoms with van der Waals surface area (Å²) >= 11 is 12.1. The number of benzene rings is 2. The van der Waals surface area contributed by atoms with Gasteiger partial charge >= 0.3 is 12.1 Å². The Kier molecular flexibility index (Phi) is 6.28. The quantitative estimate of drug-likeness (QED) is 0.343. The number of halogens is 5. The lowest BCUT2D eigenvalue weighted by atomic mass is 10.0. The molecule has 2 aromatic carbocycles. The second-order valence-corrected chi connectivity index (χ2v) is 7.91. The monoisotopic (exact) mass is 511 g/mol. The second-order valence-electron chi connectivity index (χ2n) is 7.10. The van der Waals surface area contributed by atoms with Crippen LogP contribution < -0.4 is 15.4 Å². The van der Waals surface area contributed by atoms with Gasteiger partial charge in [-0.3, -0.25) is 14.6 Å². The first-order chi connectivity index (χ1) is 16.1. The van der Waals surface area contributed by atoms with Gasteiger partial charge in [-0.05, 0) is 29.8 Å². The Morgan fingerprint density at radius 2 is 1.79 bits per heavy atom. The molecule has 12 heteroatoms. The van der Waals surface area contributed by atoms with Crippen LogP contribution >= 0.6 is 23.2 Å². The molecule has 7 nitrogen and oxygen atoms in total. The maximum absolute atomic E-state index is 12.8. The molecule has 0 unspecified atom stereocenters. The summed E-state index contributed by atoms with van der Waals surface area (Å²) in [6, 6.07) is 7.27. The lowest BCUT2D eigenvalue weighted by Crippen LogP contribution is -2.29. The Balaban J connectivity index is 1.75. The van der Waals surface area contributed by atoms with Crippen molar-refractivity contribution in [3.05, 3.63) is 58.3 Å². The number of pyridine rings is 1. The van der Waals surface area contributed by atoms with Crippen LogP contribution in [0, 0.1) is 0 Å². The summed E-state index contributed by atoms with van der Waals surface area (Å²) < 4.78 is 49.2. The van der Waals surface area contributed by atoms with Gasteiger partial charge < -0.3 is 19.8 Å². The molecule has 4 aromatic rings. The number of furan rings is 1. The van der Waals surface area contributed by atoms with E-state index in [9.17, 15) is 22.8 Å². The molecule has 2 amide bonds. The number of aromatic nitrogens is 1. The average molecular weight is 512 g/mol. The predicted molar refractivity (Wildman–Crippen MR) is 122 cm³/mol. The standard InChI is InChI=1S/C22H14Cl2F3N3O4/c1-33-16-4-2-10(6-17(31)30-19-13(23)8-28-9-14(19)24)18-12-7-11(29-21(32)22(25,26)27)3-5-15(12)34-20(16)18/h2-5,7-9H,6H2,1H3,(H,29,32)(H,28,30,31). The average Bonchev–Trinajstić information content (AvgIpc) is 3.15. The predicted octanol–water partition coefficient (Wildman–Crippen LogP) is 5.98. The molecule has 0 spiro atoms. The molecule has 2 N–H and O–H groups in total. The van der Waals surface area contributed by atoms with Gasteiger partial charge in [-0.1, -0.05) is 29.3 Å². The number of fused-ring (bicyclic) bond motifs is 3. The summed E-state index contributed by atoms with van der Waals surface area (Å²) in [5.74, 6) is -2.21.